The summed E-state index contributed by atoms with van der Waals surface area (Å²) in [6.07, 6.45) is -0.921. The largest absolute Gasteiger partial charge is 0.481 e. The topological polar surface area (TPSA) is 101 Å². The molecule has 0 aromatic carbocycles. The van der Waals surface area contributed by atoms with Gasteiger partial charge >= 0.3 is 5.97 Å². The molecule has 5 atom stereocenters. The van der Waals surface area contributed by atoms with E-state index in [0.29, 0.717) is 19.4 Å². The van der Waals surface area contributed by atoms with Gasteiger partial charge in [0, 0.05) is 0 Å². The number of aliphatic hydroxyl groups is 3. The van der Waals surface area contributed by atoms with Crippen molar-refractivity contribution in [3.05, 3.63) is 0 Å². The first-order chi connectivity index (χ1) is 7.57. The number of rotatable bonds is 2. The summed E-state index contributed by atoms with van der Waals surface area (Å²) in [5.41, 5.74) is 0. The predicted octanol–water partition coefficient (Wildman–Crippen LogP) is -1.75. The highest BCUT2D eigenvalue weighted by Crippen LogP contribution is 2.35. The van der Waals surface area contributed by atoms with Gasteiger partial charge in [0.05, 0.1) is 36.8 Å². The molecule has 2 aliphatic heterocycles. The van der Waals surface area contributed by atoms with Crippen LogP contribution >= 0.6 is 0 Å². The van der Waals surface area contributed by atoms with Gasteiger partial charge in [0.25, 0.3) is 0 Å². The molecule has 0 radical (unpaired) electrons. The molecular weight excluding hydrogens is 214 g/mol. The first-order valence-electron chi connectivity index (χ1n) is 5.53. The Hall–Kier alpha value is -0.690. The molecule has 0 bridgehead atoms. The normalized spacial score (nSPS) is 44.3. The Morgan fingerprint density at radius 1 is 1.31 bits per heavy atom. The Morgan fingerprint density at radius 2 is 2.00 bits per heavy atom. The van der Waals surface area contributed by atoms with Gasteiger partial charge in [-0.1, -0.05) is 0 Å². The second kappa shape index (κ2) is 4.29. The summed E-state index contributed by atoms with van der Waals surface area (Å²) >= 11 is 0. The van der Waals surface area contributed by atoms with Gasteiger partial charge in [-0.3, -0.25) is 9.69 Å². The number of carboxylic acids is 1. The molecule has 0 saturated carbocycles. The van der Waals surface area contributed by atoms with E-state index < -0.39 is 36.2 Å². The van der Waals surface area contributed by atoms with Crippen molar-refractivity contribution in [2.24, 2.45) is 5.92 Å². The van der Waals surface area contributed by atoms with Crippen LogP contribution in [0.5, 0.6) is 0 Å². The minimum Gasteiger partial charge on any atom is -0.481 e. The van der Waals surface area contributed by atoms with Crippen molar-refractivity contribution in [2.75, 3.05) is 13.2 Å². The van der Waals surface area contributed by atoms with Gasteiger partial charge in [0.15, 0.2) is 0 Å². The molecule has 2 aliphatic rings. The third-order valence-corrected chi connectivity index (χ3v) is 3.75. The summed E-state index contributed by atoms with van der Waals surface area (Å²) in [7, 11) is 0. The van der Waals surface area contributed by atoms with Crippen LogP contribution in [-0.4, -0.2) is 68.7 Å². The third-order valence-electron chi connectivity index (χ3n) is 3.75. The second-order valence-electron chi connectivity index (χ2n) is 4.55. The van der Waals surface area contributed by atoms with Crippen LogP contribution in [0.15, 0.2) is 0 Å². The Kier molecular flexibility index (Phi) is 3.16. The second-order valence-corrected chi connectivity index (χ2v) is 4.55. The number of carboxylic acid groups (broad SMARTS) is 1. The number of fused-ring (bicyclic) bond motifs is 1. The molecule has 6 heteroatoms. The van der Waals surface area contributed by atoms with E-state index in [9.17, 15) is 15.0 Å². The van der Waals surface area contributed by atoms with Gasteiger partial charge in [0.1, 0.15) is 0 Å². The maximum atomic E-state index is 11.1. The van der Waals surface area contributed by atoms with Crippen molar-refractivity contribution in [3.8, 4) is 0 Å². The number of piperidine rings is 1. The van der Waals surface area contributed by atoms with Crippen LogP contribution in [0.3, 0.4) is 0 Å². The van der Waals surface area contributed by atoms with Gasteiger partial charge in [-0.25, -0.2) is 0 Å². The van der Waals surface area contributed by atoms with Crippen molar-refractivity contribution in [1.82, 2.24) is 4.90 Å². The molecule has 4 N–H and O–H groups in total. The maximum absolute atomic E-state index is 11.1. The van der Waals surface area contributed by atoms with Crippen LogP contribution in [-0.2, 0) is 4.79 Å². The van der Waals surface area contributed by atoms with Crippen LogP contribution in [0.2, 0.25) is 0 Å². The molecule has 0 aliphatic carbocycles. The summed E-state index contributed by atoms with van der Waals surface area (Å²) in [5, 5.41) is 37.8. The Bertz CT molecular complexity index is 284. The average molecular weight is 231 g/mol. The van der Waals surface area contributed by atoms with Crippen LogP contribution in [0, 0.1) is 5.92 Å². The van der Waals surface area contributed by atoms with E-state index in [2.05, 4.69) is 0 Å². The number of aliphatic carboxylic acids is 1. The number of carbonyl (C=O) groups is 1. The fraction of sp³-hybridized carbons (Fsp3) is 0.900. The van der Waals surface area contributed by atoms with Gasteiger partial charge in [-0.05, 0) is 19.4 Å². The fourth-order valence-corrected chi connectivity index (χ4v) is 2.97. The summed E-state index contributed by atoms with van der Waals surface area (Å²) in [4.78, 5) is 12.8. The Balaban J connectivity index is 2.24. The van der Waals surface area contributed by atoms with E-state index in [1.165, 1.54) is 0 Å². The zero-order chi connectivity index (χ0) is 11.9. The molecule has 0 aromatic heterocycles. The fourth-order valence-electron chi connectivity index (χ4n) is 2.97. The zero-order valence-electron chi connectivity index (χ0n) is 8.86. The lowest BCUT2D eigenvalue weighted by atomic mass is 9.88. The lowest BCUT2D eigenvalue weighted by Crippen LogP contribution is -2.50. The van der Waals surface area contributed by atoms with E-state index in [4.69, 9.17) is 10.2 Å². The predicted molar refractivity (Wildman–Crippen MR) is 53.7 cm³/mol. The standard InChI is InChI=1S/C10H17NO5/c12-4-6-8(13)9(14)7-5(10(15)16)2-1-3-11(6)7/h5-9,12-14H,1-4H2,(H,15,16)/t5-,6+,7-,8-,9+/m0/s1. The molecule has 0 amide bonds. The van der Waals surface area contributed by atoms with Gasteiger partial charge in [0.2, 0.25) is 0 Å². The minimum atomic E-state index is -1.08. The minimum absolute atomic E-state index is 0.263. The maximum Gasteiger partial charge on any atom is 0.308 e. The summed E-state index contributed by atoms with van der Waals surface area (Å²) in [6, 6.07) is -1.11. The highest BCUT2D eigenvalue weighted by atomic mass is 16.4. The molecule has 2 rings (SSSR count). The summed E-state index contributed by atoms with van der Waals surface area (Å²) in [6.45, 7) is 0.356. The number of hydrogen-bond acceptors (Lipinski definition) is 5. The first kappa shape index (κ1) is 11.8. The molecule has 0 aromatic rings. The van der Waals surface area contributed by atoms with Crippen LogP contribution in [0.25, 0.3) is 0 Å². The van der Waals surface area contributed by atoms with E-state index in [1.54, 1.807) is 4.90 Å². The molecule has 2 fully saturated rings. The molecule has 0 unspecified atom stereocenters. The first-order valence-corrected chi connectivity index (χ1v) is 5.53. The lowest BCUT2D eigenvalue weighted by molar-refractivity contribution is -0.147. The van der Waals surface area contributed by atoms with E-state index in [-0.39, 0.29) is 6.61 Å². The summed E-state index contributed by atoms with van der Waals surface area (Å²) in [5.74, 6) is -1.60. The molecular formula is C10H17NO5. The molecule has 6 nitrogen and oxygen atoms in total. The van der Waals surface area contributed by atoms with Crippen molar-refractivity contribution in [1.29, 1.82) is 0 Å². The molecule has 16 heavy (non-hydrogen) atoms. The van der Waals surface area contributed by atoms with Crippen molar-refractivity contribution in [3.63, 3.8) is 0 Å². The van der Waals surface area contributed by atoms with Crippen molar-refractivity contribution < 1.29 is 25.2 Å². The van der Waals surface area contributed by atoms with Crippen molar-refractivity contribution >= 4 is 5.97 Å². The van der Waals surface area contributed by atoms with E-state index >= 15 is 0 Å². The third kappa shape index (κ3) is 1.62. The SMILES string of the molecule is O=C(O)[C@H]1CCCN2[C@@H]1[C@@H](O)[C@@H](O)[C@H]2CO. The highest BCUT2D eigenvalue weighted by molar-refractivity contribution is 5.71. The molecule has 2 saturated heterocycles. The van der Waals surface area contributed by atoms with Crippen LogP contribution < -0.4 is 0 Å². The van der Waals surface area contributed by atoms with Crippen LogP contribution in [0.4, 0.5) is 0 Å². The number of aliphatic hydroxyl groups excluding tert-OH is 3. The molecule has 92 valence electrons. The Morgan fingerprint density at radius 3 is 2.56 bits per heavy atom. The quantitative estimate of drug-likeness (QED) is 0.449. The van der Waals surface area contributed by atoms with Gasteiger partial charge in [-0.2, -0.15) is 0 Å². The molecule has 0 spiro atoms. The highest BCUT2D eigenvalue weighted by Gasteiger charge is 2.53. The number of hydrogen-bond donors (Lipinski definition) is 4. The van der Waals surface area contributed by atoms with Crippen LogP contribution in [0.1, 0.15) is 12.8 Å². The van der Waals surface area contributed by atoms with E-state index in [1.807, 2.05) is 0 Å². The monoisotopic (exact) mass is 231 g/mol. The lowest BCUT2D eigenvalue weighted by Gasteiger charge is -2.37. The zero-order valence-corrected chi connectivity index (χ0v) is 8.86. The average Bonchev–Trinajstić information content (AvgIpc) is 2.51. The Labute approximate surface area is 93.1 Å². The summed E-state index contributed by atoms with van der Waals surface area (Å²) < 4.78 is 0. The molecule has 2 heterocycles. The van der Waals surface area contributed by atoms with Gasteiger partial charge < -0.3 is 20.4 Å². The van der Waals surface area contributed by atoms with Crippen molar-refractivity contribution in [2.45, 2.75) is 37.1 Å². The number of nitrogens with zero attached hydrogens (tertiary/aromatic N) is 1. The smallest absolute Gasteiger partial charge is 0.308 e. The van der Waals surface area contributed by atoms with E-state index in [0.717, 1.165) is 0 Å². The van der Waals surface area contributed by atoms with Gasteiger partial charge in [-0.15, -0.1) is 0 Å².